The first kappa shape index (κ1) is 14.8. The predicted octanol–water partition coefficient (Wildman–Crippen LogP) is 2.07. The van der Waals surface area contributed by atoms with Crippen LogP contribution in [0.15, 0.2) is 0 Å². The van der Waals surface area contributed by atoms with E-state index in [1.54, 1.807) is 0 Å². The smallest absolute Gasteiger partial charge is 0.317 e. The van der Waals surface area contributed by atoms with Crippen molar-refractivity contribution in [1.29, 1.82) is 0 Å². The SMILES string of the molecule is CC1CCCN(C(=O)NC(C)CCCC(=O)O)C1. The van der Waals surface area contributed by atoms with Crippen molar-refractivity contribution < 1.29 is 14.7 Å². The molecule has 1 aliphatic rings. The molecule has 0 aromatic carbocycles. The lowest BCUT2D eigenvalue weighted by Crippen LogP contribution is -2.47. The number of aliphatic carboxylic acids is 1. The summed E-state index contributed by atoms with van der Waals surface area (Å²) in [4.78, 5) is 24.2. The summed E-state index contributed by atoms with van der Waals surface area (Å²) in [5, 5.41) is 11.5. The Hall–Kier alpha value is -1.26. The number of rotatable bonds is 5. The summed E-state index contributed by atoms with van der Waals surface area (Å²) in [7, 11) is 0. The molecule has 0 bridgehead atoms. The molecular weight excluding hydrogens is 232 g/mol. The van der Waals surface area contributed by atoms with Crippen LogP contribution >= 0.6 is 0 Å². The highest BCUT2D eigenvalue weighted by atomic mass is 16.4. The number of hydrogen-bond acceptors (Lipinski definition) is 2. The Morgan fingerprint density at radius 2 is 2.22 bits per heavy atom. The first-order chi connectivity index (χ1) is 8.49. The normalized spacial score (nSPS) is 21.4. The van der Waals surface area contributed by atoms with E-state index < -0.39 is 5.97 Å². The van der Waals surface area contributed by atoms with Gasteiger partial charge in [-0.05, 0) is 38.5 Å². The van der Waals surface area contributed by atoms with Crippen molar-refractivity contribution in [1.82, 2.24) is 10.2 Å². The van der Waals surface area contributed by atoms with Gasteiger partial charge in [0.1, 0.15) is 0 Å². The lowest BCUT2D eigenvalue weighted by Gasteiger charge is -2.32. The van der Waals surface area contributed by atoms with E-state index in [1.165, 1.54) is 6.42 Å². The second kappa shape index (κ2) is 7.24. The largest absolute Gasteiger partial charge is 0.481 e. The molecule has 0 radical (unpaired) electrons. The molecule has 1 heterocycles. The van der Waals surface area contributed by atoms with Gasteiger partial charge in [0.2, 0.25) is 0 Å². The van der Waals surface area contributed by atoms with Crippen LogP contribution in [0.3, 0.4) is 0 Å². The first-order valence-corrected chi connectivity index (χ1v) is 6.76. The highest BCUT2D eigenvalue weighted by Crippen LogP contribution is 2.15. The number of amides is 2. The standard InChI is InChI=1S/C13H24N2O3/c1-10-5-4-8-15(9-10)13(18)14-11(2)6-3-7-12(16)17/h10-11H,3-9H2,1-2H3,(H,14,18)(H,16,17). The van der Waals surface area contributed by atoms with Gasteiger partial charge in [-0.1, -0.05) is 6.92 Å². The number of likely N-dealkylation sites (tertiary alicyclic amines) is 1. The number of carboxylic acids is 1. The van der Waals surface area contributed by atoms with Crippen molar-refractivity contribution in [3.05, 3.63) is 0 Å². The molecule has 5 heteroatoms. The number of carboxylic acid groups (broad SMARTS) is 1. The molecule has 104 valence electrons. The van der Waals surface area contributed by atoms with E-state index >= 15 is 0 Å². The maximum absolute atomic E-state index is 11.9. The fourth-order valence-corrected chi connectivity index (χ4v) is 2.31. The van der Waals surface area contributed by atoms with E-state index in [1.807, 2.05) is 11.8 Å². The Bertz CT molecular complexity index is 294. The van der Waals surface area contributed by atoms with Crippen molar-refractivity contribution in [2.45, 2.75) is 52.0 Å². The van der Waals surface area contributed by atoms with Crippen LogP contribution in [-0.4, -0.2) is 41.1 Å². The Labute approximate surface area is 109 Å². The maximum atomic E-state index is 11.9. The van der Waals surface area contributed by atoms with Crippen LogP contribution in [0, 0.1) is 5.92 Å². The van der Waals surface area contributed by atoms with Gasteiger partial charge in [-0.2, -0.15) is 0 Å². The number of piperidine rings is 1. The van der Waals surface area contributed by atoms with Crippen LogP contribution in [0.5, 0.6) is 0 Å². The minimum Gasteiger partial charge on any atom is -0.481 e. The van der Waals surface area contributed by atoms with Crippen LogP contribution in [0.4, 0.5) is 4.79 Å². The van der Waals surface area contributed by atoms with E-state index in [9.17, 15) is 9.59 Å². The lowest BCUT2D eigenvalue weighted by molar-refractivity contribution is -0.137. The van der Waals surface area contributed by atoms with E-state index in [0.717, 1.165) is 19.5 Å². The highest BCUT2D eigenvalue weighted by Gasteiger charge is 2.21. The van der Waals surface area contributed by atoms with Crippen molar-refractivity contribution in [2.75, 3.05) is 13.1 Å². The van der Waals surface area contributed by atoms with Gasteiger partial charge >= 0.3 is 12.0 Å². The lowest BCUT2D eigenvalue weighted by atomic mass is 10.0. The molecule has 2 amide bonds. The molecule has 2 atom stereocenters. The Kier molecular flexibility index (Phi) is 5.95. The summed E-state index contributed by atoms with van der Waals surface area (Å²) in [5.41, 5.74) is 0. The zero-order valence-electron chi connectivity index (χ0n) is 11.3. The predicted molar refractivity (Wildman–Crippen MR) is 69.5 cm³/mol. The number of carbonyl (C=O) groups excluding carboxylic acids is 1. The molecule has 0 aromatic rings. The molecule has 1 rings (SSSR count). The van der Waals surface area contributed by atoms with Gasteiger partial charge in [-0.25, -0.2) is 4.79 Å². The maximum Gasteiger partial charge on any atom is 0.317 e. The fourth-order valence-electron chi connectivity index (χ4n) is 2.31. The van der Waals surface area contributed by atoms with Crippen molar-refractivity contribution in [3.8, 4) is 0 Å². The molecule has 0 spiro atoms. The van der Waals surface area contributed by atoms with Gasteiger partial charge in [0.25, 0.3) is 0 Å². The summed E-state index contributed by atoms with van der Waals surface area (Å²) in [6.45, 7) is 5.74. The molecule has 5 nitrogen and oxygen atoms in total. The van der Waals surface area contributed by atoms with Crippen LogP contribution in [0.25, 0.3) is 0 Å². The van der Waals surface area contributed by atoms with Crippen molar-refractivity contribution in [3.63, 3.8) is 0 Å². The zero-order chi connectivity index (χ0) is 13.5. The number of nitrogens with one attached hydrogen (secondary N) is 1. The molecule has 1 aliphatic heterocycles. The van der Waals surface area contributed by atoms with E-state index in [2.05, 4.69) is 12.2 Å². The molecule has 1 saturated heterocycles. The molecule has 2 unspecified atom stereocenters. The Morgan fingerprint density at radius 1 is 1.50 bits per heavy atom. The van der Waals surface area contributed by atoms with E-state index in [4.69, 9.17) is 5.11 Å². The molecule has 0 aromatic heterocycles. The number of hydrogen-bond donors (Lipinski definition) is 2. The van der Waals surface area contributed by atoms with E-state index in [-0.39, 0.29) is 18.5 Å². The Morgan fingerprint density at radius 3 is 2.83 bits per heavy atom. The van der Waals surface area contributed by atoms with Crippen LogP contribution in [0.2, 0.25) is 0 Å². The molecule has 18 heavy (non-hydrogen) atoms. The molecule has 2 N–H and O–H groups in total. The quantitative estimate of drug-likeness (QED) is 0.791. The number of carbonyl (C=O) groups is 2. The fraction of sp³-hybridized carbons (Fsp3) is 0.846. The summed E-state index contributed by atoms with van der Waals surface area (Å²) >= 11 is 0. The van der Waals surface area contributed by atoms with E-state index in [0.29, 0.717) is 18.8 Å². The summed E-state index contributed by atoms with van der Waals surface area (Å²) < 4.78 is 0. The van der Waals surface area contributed by atoms with Gasteiger partial charge in [0.05, 0.1) is 0 Å². The summed E-state index contributed by atoms with van der Waals surface area (Å²) in [6, 6.07) is 0.0263. The van der Waals surface area contributed by atoms with Gasteiger partial charge in [-0.15, -0.1) is 0 Å². The summed E-state index contributed by atoms with van der Waals surface area (Å²) in [5.74, 6) is -0.204. The van der Waals surface area contributed by atoms with Gasteiger partial charge in [-0.3, -0.25) is 4.79 Å². The third-order valence-corrected chi connectivity index (χ3v) is 3.34. The average Bonchev–Trinajstić information content (AvgIpc) is 2.28. The minimum atomic E-state index is -0.779. The van der Waals surface area contributed by atoms with Crippen molar-refractivity contribution in [2.24, 2.45) is 5.92 Å². The van der Waals surface area contributed by atoms with Crippen molar-refractivity contribution >= 4 is 12.0 Å². The second-order valence-electron chi connectivity index (χ2n) is 5.33. The first-order valence-electron chi connectivity index (χ1n) is 6.76. The number of nitrogens with zero attached hydrogens (tertiary/aromatic N) is 1. The molecule has 0 saturated carbocycles. The zero-order valence-corrected chi connectivity index (χ0v) is 11.3. The highest BCUT2D eigenvalue weighted by molar-refractivity contribution is 5.74. The van der Waals surface area contributed by atoms with Gasteiger partial charge in [0.15, 0.2) is 0 Å². The monoisotopic (exact) mass is 256 g/mol. The topological polar surface area (TPSA) is 69.6 Å². The second-order valence-corrected chi connectivity index (χ2v) is 5.33. The van der Waals surface area contributed by atoms with Crippen LogP contribution < -0.4 is 5.32 Å². The molecule has 0 aliphatic carbocycles. The van der Waals surface area contributed by atoms with Gasteiger partial charge < -0.3 is 15.3 Å². The third-order valence-electron chi connectivity index (χ3n) is 3.34. The molecular formula is C13H24N2O3. The van der Waals surface area contributed by atoms with Crippen LogP contribution in [0.1, 0.15) is 46.0 Å². The summed E-state index contributed by atoms with van der Waals surface area (Å²) in [6.07, 6.45) is 3.75. The minimum absolute atomic E-state index is 0.00984. The third kappa shape index (κ3) is 5.38. The average molecular weight is 256 g/mol. The number of urea groups is 1. The Balaban J connectivity index is 2.23. The molecule has 1 fully saturated rings. The van der Waals surface area contributed by atoms with Crippen LogP contribution in [-0.2, 0) is 4.79 Å². The van der Waals surface area contributed by atoms with Gasteiger partial charge in [0, 0.05) is 25.6 Å².